The number of sulfone groups is 1. The minimum atomic E-state index is -4.52. The first-order chi connectivity index (χ1) is 8.72. The Morgan fingerprint density at radius 2 is 2.11 bits per heavy atom. The number of alkyl halides is 3. The monoisotopic (exact) mass is 314 g/mol. The molecule has 1 aliphatic rings. The maximum absolute atomic E-state index is 12.4. The van der Waals surface area contributed by atoms with Crippen molar-refractivity contribution in [3.63, 3.8) is 0 Å². The molecule has 0 saturated carbocycles. The van der Waals surface area contributed by atoms with Crippen LogP contribution in [0.15, 0.2) is 6.20 Å². The summed E-state index contributed by atoms with van der Waals surface area (Å²) in [6.45, 7) is 0. The minimum Gasteiger partial charge on any atom is -0.322 e. The molecule has 4 nitrogen and oxygen atoms in total. The van der Waals surface area contributed by atoms with E-state index in [1.807, 2.05) is 0 Å². The maximum Gasteiger partial charge on any atom is 0.443 e. The zero-order valence-electron chi connectivity index (χ0n) is 9.85. The Morgan fingerprint density at radius 3 is 2.63 bits per heavy atom. The van der Waals surface area contributed by atoms with Gasteiger partial charge in [-0.25, -0.2) is 13.4 Å². The normalized spacial score (nSPS) is 25.2. The molecule has 1 fully saturated rings. The fourth-order valence-corrected chi connectivity index (χ4v) is 5.10. The summed E-state index contributed by atoms with van der Waals surface area (Å²) in [7, 11) is -3.32. The highest BCUT2D eigenvalue weighted by Gasteiger charge is 2.38. The molecule has 108 valence electrons. The largest absolute Gasteiger partial charge is 0.443 e. The van der Waals surface area contributed by atoms with Gasteiger partial charge in [0.15, 0.2) is 14.8 Å². The number of nitrogens with two attached hydrogens (primary N) is 1. The van der Waals surface area contributed by atoms with Gasteiger partial charge in [-0.2, -0.15) is 13.2 Å². The standard InChI is InChI=1S/C10H13F3N2O2S2/c11-10(12,13)9-15-5-6(18-9)8(14)7-3-1-2-4-19(7,16)17/h5,7-8H,1-4,14H2. The van der Waals surface area contributed by atoms with Gasteiger partial charge in [0.2, 0.25) is 0 Å². The van der Waals surface area contributed by atoms with Crippen LogP contribution in [-0.4, -0.2) is 24.4 Å². The zero-order valence-corrected chi connectivity index (χ0v) is 11.5. The first-order valence-corrected chi connectivity index (χ1v) is 8.25. The summed E-state index contributed by atoms with van der Waals surface area (Å²) >= 11 is 0.417. The summed E-state index contributed by atoms with van der Waals surface area (Å²) in [6.07, 6.45) is -1.79. The van der Waals surface area contributed by atoms with Gasteiger partial charge in [0.1, 0.15) is 0 Å². The highest BCUT2D eigenvalue weighted by Crippen LogP contribution is 2.37. The molecule has 1 saturated heterocycles. The van der Waals surface area contributed by atoms with Crippen molar-refractivity contribution in [3.8, 4) is 0 Å². The lowest BCUT2D eigenvalue weighted by Crippen LogP contribution is -2.37. The summed E-state index contributed by atoms with van der Waals surface area (Å²) in [4.78, 5) is 3.44. The molecule has 0 amide bonds. The Balaban J connectivity index is 2.24. The van der Waals surface area contributed by atoms with Crippen molar-refractivity contribution in [2.75, 3.05) is 5.75 Å². The third-order valence-corrected chi connectivity index (χ3v) is 6.58. The second-order valence-corrected chi connectivity index (χ2v) is 7.89. The quantitative estimate of drug-likeness (QED) is 0.907. The van der Waals surface area contributed by atoms with Gasteiger partial charge in [-0.15, -0.1) is 11.3 Å². The molecule has 0 aliphatic carbocycles. The third kappa shape index (κ3) is 3.09. The van der Waals surface area contributed by atoms with Crippen molar-refractivity contribution in [1.29, 1.82) is 0 Å². The molecule has 2 atom stereocenters. The number of rotatable bonds is 2. The minimum absolute atomic E-state index is 0.0519. The number of hydrogen-bond acceptors (Lipinski definition) is 5. The topological polar surface area (TPSA) is 73.0 Å². The van der Waals surface area contributed by atoms with E-state index in [9.17, 15) is 21.6 Å². The molecule has 1 aliphatic heterocycles. The predicted octanol–water partition coefficient (Wildman–Crippen LogP) is 2.13. The molecule has 1 aromatic rings. The van der Waals surface area contributed by atoms with E-state index in [1.165, 1.54) is 0 Å². The van der Waals surface area contributed by atoms with Crippen molar-refractivity contribution >= 4 is 21.2 Å². The fraction of sp³-hybridized carbons (Fsp3) is 0.700. The van der Waals surface area contributed by atoms with Crippen molar-refractivity contribution in [2.24, 2.45) is 5.73 Å². The molecular weight excluding hydrogens is 301 g/mol. The van der Waals surface area contributed by atoms with Crippen LogP contribution in [0.25, 0.3) is 0 Å². The van der Waals surface area contributed by atoms with Crippen molar-refractivity contribution in [2.45, 2.75) is 36.7 Å². The van der Waals surface area contributed by atoms with Crippen molar-refractivity contribution in [1.82, 2.24) is 4.98 Å². The van der Waals surface area contributed by atoms with Crippen molar-refractivity contribution < 1.29 is 21.6 Å². The van der Waals surface area contributed by atoms with Crippen LogP contribution in [0.3, 0.4) is 0 Å². The van der Waals surface area contributed by atoms with Crippen LogP contribution in [0.2, 0.25) is 0 Å². The lowest BCUT2D eigenvalue weighted by molar-refractivity contribution is -0.137. The maximum atomic E-state index is 12.4. The van der Waals surface area contributed by atoms with Gasteiger partial charge in [-0.1, -0.05) is 6.42 Å². The summed E-state index contributed by atoms with van der Waals surface area (Å²) in [5.41, 5.74) is 5.83. The molecule has 1 aromatic heterocycles. The number of halogens is 3. The van der Waals surface area contributed by atoms with Crippen LogP contribution in [-0.2, 0) is 16.0 Å². The van der Waals surface area contributed by atoms with Gasteiger partial charge >= 0.3 is 6.18 Å². The first kappa shape index (κ1) is 14.7. The molecule has 2 rings (SSSR count). The lowest BCUT2D eigenvalue weighted by Gasteiger charge is -2.26. The van der Waals surface area contributed by atoms with Gasteiger partial charge < -0.3 is 5.73 Å². The van der Waals surface area contributed by atoms with Crippen LogP contribution < -0.4 is 5.73 Å². The number of aromatic nitrogens is 1. The summed E-state index contributed by atoms with van der Waals surface area (Å²) in [6, 6.07) is -0.932. The second kappa shape index (κ2) is 5.02. The summed E-state index contributed by atoms with van der Waals surface area (Å²) in [5.74, 6) is 0.0519. The molecule has 0 radical (unpaired) electrons. The average molecular weight is 314 g/mol. The number of thiazole rings is 1. The Bertz CT molecular complexity index is 553. The van der Waals surface area contributed by atoms with Gasteiger partial charge in [0, 0.05) is 11.1 Å². The predicted molar refractivity (Wildman–Crippen MR) is 65.5 cm³/mol. The second-order valence-electron chi connectivity index (χ2n) is 4.49. The highest BCUT2D eigenvalue weighted by molar-refractivity contribution is 7.92. The summed E-state index contributed by atoms with van der Waals surface area (Å²) < 4.78 is 61.1. The van der Waals surface area contributed by atoms with Crippen LogP contribution in [0.5, 0.6) is 0 Å². The Labute approximate surface area is 112 Å². The van der Waals surface area contributed by atoms with E-state index >= 15 is 0 Å². The molecule has 0 bridgehead atoms. The fourth-order valence-electron chi connectivity index (χ4n) is 2.14. The van der Waals surface area contributed by atoms with E-state index in [2.05, 4.69) is 4.98 Å². The van der Waals surface area contributed by atoms with Gasteiger partial charge in [0.25, 0.3) is 0 Å². The Kier molecular flexibility index (Phi) is 3.90. The van der Waals surface area contributed by atoms with E-state index in [0.717, 1.165) is 12.6 Å². The Morgan fingerprint density at radius 1 is 1.42 bits per heavy atom. The highest BCUT2D eigenvalue weighted by atomic mass is 32.2. The molecule has 0 spiro atoms. The molecule has 0 aromatic carbocycles. The number of nitrogens with zero attached hydrogens (tertiary/aromatic N) is 1. The van der Waals surface area contributed by atoms with Crippen molar-refractivity contribution in [3.05, 3.63) is 16.1 Å². The van der Waals surface area contributed by atoms with E-state index in [0.29, 0.717) is 24.2 Å². The third-order valence-electron chi connectivity index (χ3n) is 3.12. The van der Waals surface area contributed by atoms with Crippen LogP contribution in [0.4, 0.5) is 13.2 Å². The Hall–Kier alpha value is -0.670. The molecule has 19 heavy (non-hydrogen) atoms. The van der Waals surface area contributed by atoms with E-state index in [4.69, 9.17) is 5.73 Å². The van der Waals surface area contributed by atoms with Crippen LogP contribution >= 0.6 is 11.3 Å². The smallest absolute Gasteiger partial charge is 0.322 e. The zero-order chi connectivity index (χ0) is 14.3. The molecule has 9 heteroatoms. The molecular formula is C10H13F3N2O2S2. The molecule has 2 unspecified atom stereocenters. The van der Waals surface area contributed by atoms with Gasteiger partial charge in [0.05, 0.1) is 17.0 Å². The van der Waals surface area contributed by atoms with Gasteiger partial charge in [-0.05, 0) is 12.8 Å². The van der Waals surface area contributed by atoms with Gasteiger partial charge in [-0.3, -0.25) is 0 Å². The number of hydrogen-bond donors (Lipinski definition) is 1. The molecule has 2 N–H and O–H groups in total. The first-order valence-electron chi connectivity index (χ1n) is 5.72. The van der Waals surface area contributed by atoms with E-state index in [-0.39, 0.29) is 10.6 Å². The summed E-state index contributed by atoms with van der Waals surface area (Å²) in [5, 5.41) is -1.80. The van der Waals surface area contributed by atoms with Crippen LogP contribution in [0.1, 0.15) is 35.2 Å². The average Bonchev–Trinajstić information content (AvgIpc) is 2.76. The lowest BCUT2D eigenvalue weighted by atomic mass is 10.1. The molecule has 2 heterocycles. The van der Waals surface area contributed by atoms with E-state index < -0.39 is 32.3 Å². The van der Waals surface area contributed by atoms with Crippen LogP contribution in [0, 0.1) is 0 Å². The van der Waals surface area contributed by atoms with E-state index in [1.54, 1.807) is 0 Å². The SMILES string of the molecule is NC(c1cnc(C(F)(F)F)s1)C1CCCCS1(=O)=O.